The van der Waals surface area contributed by atoms with E-state index in [-0.39, 0.29) is 5.56 Å². The molecule has 4 aromatic heterocycles. The first-order valence-corrected chi connectivity index (χ1v) is 11.0. The van der Waals surface area contributed by atoms with Crippen molar-refractivity contribution in [2.24, 2.45) is 5.41 Å². The fraction of sp³-hybridized carbons (Fsp3) is 0.400. The Morgan fingerprint density at radius 2 is 1.81 bits per heavy atom. The quantitative estimate of drug-likeness (QED) is 0.505. The zero-order valence-corrected chi connectivity index (χ0v) is 18.5. The molecule has 5 rings (SSSR count). The fourth-order valence-corrected chi connectivity index (χ4v) is 4.49. The lowest BCUT2D eigenvalue weighted by atomic mass is 9.82. The second-order valence-corrected chi connectivity index (χ2v) is 9.64. The molecule has 0 amide bonds. The van der Waals surface area contributed by atoms with Crippen molar-refractivity contribution in [2.75, 3.05) is 13.1 Å². The molecule has 6 nitrogen and oxygen atoms in total. The molecule has 0 atom stereocenters. The molecule has 0 spiro atoms. The van der Waals surface area contributed by atoms with E-state index in [2.05, 4.69) is 46.5 Å². The summed E-state index contributed by atoms with van der Waals surface area (Å²) in [5.74, 6) is 0. The van der Waals surface area contributed by atoms with Crippen molar-refractivity contribution in [3.05, 3.63) is 76.4 Å². The molecule has 0 aliphatic carbocycles. The predicted molar refractivity (Wildman–Crippen MR) is 123 cm³/mol. The minimum Gasteiger partial charge on any atom is -0.309 e. The summed E-state index contributed by atoms with van der Waals surface area (Å²) >= 11 is 0. The van der Waals surface area contributed by atoms with E-state index in [1.165, 1.54) is 18.4 Å². The molecule has 1 fully saturated rings. The summed E-state index contributed by atoms with van der Waals surface area (Å²) in [4.78, 5) is 24.4. The second kappa shape index (κ2) is 7.61. The summed E-state index contributed by atoms with van der Waals surface area (Å²) in [7, 11) is 0. The van der Waals surface area contributed by atoms with E-state index in [9.17, 15) is 4.79 Å². The Kier molecular flexibility index (Phi) is 4.89. The third-order valence-electron chi connectivity index (χ3n) is 6.61. The van der Waals surface area contributed by atoms with Gasteiger partial charge in [0.2, 0.25) is 0 Å². The van der Waals surface area contributed by atoms with Crippen LogP contribution in [0.2, 0.25) is 0 Å². The van der Waals surface area contributed by atoms with E-state index < -0.39 is 0 Å². The van der Waals surface area contributed by atoms with Crippen LogP contribution in [0.25, 0.3) is 16.4 Å². The first-order chi connectivity index (χ1) is 14.9. The van der Waals surface area contributed by atoms with Crippen molar-refractivity contribution < 1.29 is 0 Å². The largest absolute Gasteiger partial charge is 0.309 e. The van der Waals surface area contributed by atoms with Crippen LogP contribution in [-0.4, -0.2) is 36.9 Å². The van der Waals surface area contributed by atoms with Gasteiger partial charge in [0, 0.05) is 37.5 Å². The van der Waals surface area contributed by atoms with E-state index in [4.69, 9.17) is 4.98 Å². The molecule has 0 aromatic carbocycles. The van der Waals surface area contributed by atoms with Gasteiger partial charge in [0.25, 0.3) is 5.56 Å². The van der Waals surface area contributed by atoms with Crippen molar-refractivity contribution in [2.45, 2.75) is 46.7 Å². The van der Waals surface area contributed by atoms with Crippen molar-refractivity contribution in [1.29, 1.82) is 0 Å². The van der Waals surface area contributed by atoms with Crippen LogP contribution in [0.1, 0.15) is 43.5 Å². The third-order valence-corrected chi connectivity index (χ3v) is 6.61. The van der Waals surface area contributed by atoms with Crippen LogP contribution in [0.4, 0.5) is 0 Å². The van der Waals surface area contributed by atoms with Gasteiger partial charge in [0.15, 0.2) is 0 Å². The van der Waals surface area contributed by atoms with E-state index in [1.54, 1.807) is 17.0 Å². The summed E-state index contributed by atoms with van der Waals surface area (Å²) in [5, 5.41) is 1.61. The normalized spacial score (nSPS) is 16.9. The first-order valence-electron chi connectivity index (χ1n) is 11.0. The third kappa shape index (κ3) is 4.00. The molecule has 0 saturated carbocycles. The molecule has 0 N–H and O–H groups in total. The molecule has 4 aromatic rings. The van der Waals surface area contributed by atoms with Gasteiger partial charge < -0.3 is 8.97 Å². The van der Waals surface area contributed by atoms with Crippen LogP contribution in [0.15, 0.2) is 54.0 Å². The standard InChI is InChI=1S/C25H29N5O/c1-18-12-26-13-22-21(18)6-9-29(24(22)31)16-20-17-30-15-19(4-5-23(30)27-20)14-28-10-7-25(2,3)8-11-28/h4-6,9,12-13,15,17H,7-8,10-11,14,16H2,1-3H3. The number of aryl methyl sites for hydroxylation is 1. The highest BCUT2D eigenvalue weighted by molar-refractivity contribution is 5.83. The van der Waals surface area contributed by atoms with Gasteiger partial charge in [-0.15, -0.1) is 0 Å². The summed E-state index contributed by atoms with van der Waals surface area (Å²) in [6.07, 6.45) is 12.0. The molecule has 6 heteroatoms. The number of piperidine rings is 1. The van der Waals surface area contributed by atoms with Crippen LogP contribution in [-0.2, 0) is 13.1 Å². The molecule has 160 valence electrons. The van der Waals surface area contributed by atoms with Gasteiger partial charge in [0.1, 0.15) is 5.65 Å². The van der Waals surface area contributed by atoms with Crippen molar-refractivity contribution in [3.8, 4) is 0 Å². The van der Waals surface area contributed by atoms with Crippen LogP contribution in [0.3, 0.4) is 0 Å². The van der Waals surface area contributed by atoms with Gasteiger partial charge in [-0.25, -0.2) is 4.98 Å². The first kappa shape index (κ1) is 19.9. The van der Waals surface area contributed by atoms with Gasteiger partial charge in [-0.2, -0.15) is 0 Å². The van der Waals surface area contributed by atoms with E-state index >= 15 is 0 Å². The second-order valence-electron chi connectivity index (χ2n) is 9.64. The Hall–Kier alpha value is -2.99. The van der Waals surface area contributed by atoms with Crippen LogP contribution in [0, 0.1) is 12.3 Å². The Morgan fingerprint density at radius 1 is 1.00 bits per heavy atom. The maximum Gasteiger partial charge on any atom is 0.260 e. The highest BCUT2D eigenvalue weighted by Gasteiger charge is 2.25. The Labute approximate surface area is 182 Å². The molecule has 0 radical (unpaired) electrons. The molecule has 1 aliphatic heterocycles. The van der Waals surface area contributed by atoms with Crippen LogP contribution < -0.4 is 5.56 Å². The van der Waals surface area contributed by atoms with Crippen LogP contribution in [0.5, 0.6) is 0 Å². The SMILES string of the molecule is Cc1cncc2c(=O)n(Cc3cn4cc(CN5CCC(C)(C)CC5)ccc4n3)ccc12. The Morgan fingerprint density at radius 3 is 2.61 bits per heavy atom. The number of imidazole rings is 1. The molecule has 1 aliphatic rings. The van der Waals surface area contributed by atoms with E-state index in [0.717, 1.165) is 41.9 Å². The van der Waals surface area contributed by atoms with Gasteiger partial charge >= 0.3 is 0 Å². The van der Waals surface area contributed by atoms with E-state index in [0.29, 0.717) is 17.3 Å². The Balaban J connectivity index is 1.36. The zero-order valence-electron chi connectivity index (χ0n) is 18.5. The topological polar surface area (TPSA) is 55.4 Å². The van der Waals surface area contributed by atoms with Gasteiger partial charge in [-0.1, -0.05) is 19.9 Å². The summed E-state index contributed by atoms with van der Waals surface area (Å²) in [6, 6.07) is 6.23. The Bertz CT molecular complexity index is 1310. The minimum atomic E-state index is -0.0283. The van der Waals surface area contributed by atoms with Crippen LogP contribution >= 0.6 is 0 Å². The number of rotatable bonds is 4. The fourth-order valence-electron chi connectivity index (χ4n) is 4.49. The van der Waals surface area contributed by atoms with Gasteiger partial charge in [-0.3, -0.25) is 14.7 Å². The van der Waals surface area contributed by atoms with Crippen molar-refractivity contribution in [3.63, 3.8) is 0 Å². The molecular formula is C25H29N5O. The molecule has 0 unspecified atom stereocenters. The number of fused-ring (bicyclic) bond motifs is 2. The minimum absolute atomic E-state index is 0.0283. The smallest absolute Gasteiger partial charge is 0.260 e. The number of pyridine rings is 3. The van der Waals surface area contributed by atoms with Crippen molar-refractivity contribution >= 4 is 16.4 Å². The molecular weight excluding hydrogens is 386 g/mol. The summed E-state index contributed by atoms with van der Waals surface area (Å²) < 4.78 is 3.79. The molecule has 1 saturated heterocycles. The summed E-state index contributed by atoms with van der Waals surface area (Å²) in [5.41, 5.74) is 4.53. The lowest BCUT2D eigenvalue weighted by Gasteiger charge is -2.36. The number of likely N-dealkylation sites (tertiary alicyclic amines) is 1. The lowest BCUT2D eigenvalue weighted by Crippen LogP contribution is -2.36. The average molecular weight is 416 g/mol. The molecule has 0 bridgehead atoms. The van der Waals surface area contributed by atoms with E-state index in [1.807, 2.05) is 25.4 Å². The average Bonchev–Trinajstić information content (AvgIpc) is 3.14. The van der Waals surface area contributed by atoms with Crippen molar-refractivity contribution in [1.82, 2.24) is 23.8 Å². The predicted octanol–water partition coefficient (Wildman–Crippen LogP) is 4.02. The van der Waals surface area contributed by atoms with Gasteiger partial charge in [0.05, 0.1) is 17.6 Å². The van der Waals surface area contributed by atoms with Gasteiger partial charge in [-0.05, 0) is 66.9 Å². The lowest BCUT2D eigenvalue weighted by molar-refractivity contribution is 0.127. The maximum atomic E-state index is 12.9. The number of hydrogen-bond acceptors (Lipinski definition) is 4. The molecule has 31 heavy (non-hydrogen) atoms. The summed E-state index contributed by atoms with van der Waals surface area (Å²) in [6.45, 7) is 10.4. The monoisotopic (exact) mass is 415 g/mol. The number of nitrogens with zero attached hydrogens (tertiary/aromatic N) is 5. The zero-order chi connectivity index (χ0) is 21.6. The maximum absolute atomic E-state index is 12.9. The number of aromatic nitrogens is 4. The highest BCUT2D eigenvalue weighted by atomic mass is 16.1. The molecule has 5 heterocycles. The number of hydrogen-bond donors (Lipinski definition) is 0. The highest BCUT2D eigenvalue weighted by Crippen LogP contribution is 2.30.